The number of nitrogens with two attached hydrogens (primary N) is 1. The van der Waals surface area contributed by atoms with Crippen LogP contribution in [0.1, 0.15) is 47.0 Å². The zero-order chi connectivity index (χ0) is 14.8. The molecule has 3 heteroatoms. The first-order valence-corrected chi connectivity index (χ1v) is 7.80. The smallest absolute Gasteiger partial charge is 0.123 e. The molecule has 1 aromatic carbocycles. The predicted molar refractivity (Wildman–Crippen MR) is 86.5 cm³/mol. The molecule has 1 aliphatic heterocycles. The van der Waals surface area contributed by atoms with Gasteiger partial charge in [-0.15, -0.1) is 0 Å². The summed E-state index contributed by atoms with van der Waals surface area (Å²) >= 11 is 0. The van der Waals surface area contributed by atoms with Gasteiger partial charge in [0.1, 0.15) is 5.75 Å². The molecule has 20 heavy (non-hydrogen) atoms. The van der Waals surface area contributed by atoms with Crippen molar-refractivity contribution < 1.29 is 4.74 Å². The molecule has 0 radical (unpaired) electrons. The Hall–Kier alpha value is -1.38. The Labute approximate surface area is 123 Å². The summed E-state index contributed by atoms with van der Waals surface area (Å²) in [7, 11) is 0. The van der Waals surface area contributed by atoms with Gasteiger partial charge in [-0.05, 0) is 44.6 Å². The summed E-state index contributed by atoms with van der Waals surface area (Å²) in [6, 6.07) is 6.10. The van der Waals surface area contributed by atoms with Crippen molar-refractivity contribution in [3.8, 4) is 5.75 Å². The number of anilines is 2. The highest BCUT2D eigenvalue weighted by atomic mass is 16.5. The Morgan fingerprint density at radius 2 is 1.95 bits per heavy atom. The maximum Gasteiger partial charge on any atom is 0.123 e. The first kappa shape index (κ1) is 15.0. The zero-order valence-electron chi connectivity index (χ0n) is 13.3. The first-order valence-electron chi connectivity index (χ1n) is 7.80. The molecule has 1 aromatic rings. The van der Waals surface area contributed by atoms with E-state index in [1.165, 1.54) is 24.9 Å². The van der Waals surface area contributed by atoms with Gasteiger partial charge in [0.05, 0.1) is 6.10 Å². The normalized spacial score (nSPS) is 17.8. The zero-order valence-corrected chi connectivity index (χ0v) is 13.3. The average molecular weight is 276 g/mol. The van der Waals surface area contributed by atoms with E-state index in [0.717, 1.165) is 24.5 Å². The van der Waals surface area contributed by atoms with Gasteiger partial charge in [0.2, 0.25) is 0 Å². The van der Waals surface area contributed by atoms with Crippen LogP contribution in [0.3, 0.4) is 0 Å². The number of nitrogens with zero attached hydrogens (tertiary/aromatic N) is 1. The predicted octanol–water partition coefficient (Wildman–Crippen LogP) is 4.07. The van der Waals surface area contributed by atoms with Crippen LogP contribution >= 0.6 is 0 Å². The second kappa shape index (κ2) is 5.94. The third-order valence-electron chi connectivity index (χ3n) is 4.59. The van der Waals surface area contributed by atoms with Gasteiger partial charge in [-0.2, -0.15) is 0 Å². The summed E-state index contributed by atoms with van der Waals surface area (Å²) in [5, 5.41) is 0. The molecule has 0 saturated carbocycles. The summed E-state index contributed by atoms with van der Waals surface area (Å²) in [6.07, 6.45) is 3.94. The minimum absolute atomic E-state index is 0.175. The Bertz CT molecular complexity index is 452. The highest BCUT2D eigenvalue weighted by Gasteiger charge is 2.35. The molecule has 2 rings (SSSR count). The number of nitrogen functional groups attached to an aromatic ring is 1. The Morgan fingerprint density at radius 1 is 1.25 bits per heavy atom. The van der Waals surface area contributed by atoms with Crippen molar-refractivity contribution >= 4 is 11.4 Å². The summed E-state index contributed by atoms with van der Waals surface area (Å²) in [6.45, 7) is 10.9. The van der Waals surface area contributed by atoms with Gasteiger partial charge in [-0.3, -0.25) is 0 Å². The molecule has 112 valence electrons. The Kier molecular flexibility index (Phi) is 4.46. The molecule has 0 amide bonds. The van der Waals surface area contributed by atoms with Crippen LogP contribution in [0, 0.1) is 5.41 Å². The highest BCUT2D eigenvalue weighted by Crippen LogP contribution is 2.40. The monoisotopic (exact) mass is 276 g/mol. The van der Waals surface area contributed by atoms with E-state index in [9.17, 15) is 0 Å². The fourth-order valence-corrected chi connectivity index (χ4v) is 3.11. The van der Waals surface area contributed by atoms with Crippen molar-refractivity contribution in [2.45, 2.75) is 53.1 Å². The number of benzene rings is 1. The van der Waals surface area contributed by atoms with Crippen LogP contribution in [0.4, 0.5) is 11.4 Å². The quantitative estimate of drug-likeness (QED) is 0.824. The van der Waals surface area contributed by atoms with Gasteiger partial charge in [0.25, 0.3) is 0 Å². The lowest BCUT2D eigenvalue weighted by atomic mass is 9.82. The molecule has 2 N–H and O–H groups in total. The van der Waals surface area contributed by atoms with E-state index < -0.39 is 0 Å². The topological polar surface area (TPSA) is 38.5 Å². The van der Waals surface area contributed by atoms with E-state index >= 15 is 0 Å². The molecule has 0 aromatic heterocycles. The minimum Gasteiger partial charge on any atom is -0.491 e. The molecule has 1 saturated heterocycles. The van der Waals surface area contributed by atoms with Gasteiger partial charge in [-0.1, -0.05) is 13.8 Å². The van der Waals surface area contributed by atoms with Crippen LogP contribution in [0.5, 0.6) is 5.75 Å². The summed E-state index contributed by atoms with van der Waals surface area (Å²) < 4.78 is 5.79. The van der Waals surface area contributed by atoms with E-state index in [1.807, 2.05) is 19.9 Å². The van der Waals surface area contributed by atoms with Gasteiger partial charge in [0.15, 0.2) is 0 Å². The van der Waals surface area contributed by atoms with E-state index in [-0.39, 0.29) is 6.10 Å². The summed E-state index contributed by atoms with van der Waals surface area (Å²) in [5.41, 5.74) is 8.48. The van der Waals surface area contributed by atoms with Gasteiger partial charge >= 0.3 is 0 Å². The lowest BCUT2D eigenvalue weighted by Gasteiger charge is -2.27. The molecule has 0 unspecified atom stereocenters. The van der Waals surface area contributed by atoms with Gasteiger partial charge in [0, 0.05) is 36.6 Å². The molecule has 1 fully saturated rings. The molecule has 0 aliphatic carbocycles. The lowest BCUT2D eigenvalue weighted by molar-refractivity contribution is 0.242. The van der Waals surface area contributed by atoms with Crippen molar-refractivity contribution in [2.24, 2.45) is 5.41 Å². The molecule has 0 bridgehead atoms. The standard InChI is InChI=1S/C17H28N2O/c1-5-17(6-2)7-8-19(12-17)15-9-14(18)10-16(11-15)20-13(3)4/h9-11,13H,5-8,12,18H2,1-4H3. The van der Waals surface area contributed by atoms with Crippen LogP contribution in [-0.2, 0) is 0 Å². The molecule has 0 atom stereocenters. The van der Waals surface area contributed by atoms with Crippen LogP contribution < -0.4 is 15.4 Å². The second-order valence-corrected chi connectivity index (χ2v) is 6.31. The van der Waals surface area contributed by atoms with Crippen LogP contribution in [0.25, 0.3) is 0 Å². The van der Waals surface area contributed by atoms with E-state index in [0.29, 0.717) is 5.41 Å². The molecular formula is C17H28N2O. The maximum atomic E-state index is 6.03. The molecule has 1 heterocycles. The van der Waals surface area contributed by atoms with Crippen molar-refractivity contribution in [3.63, 3.8) is 0 Å². The third kappa shape index (κ3) is 3.20. The Balaban J connectivity index is 2.19. The van der Waals surface area contributed by atoms with Crippen molar-refractivity contribution in [3.05, 3.63) is 18.2 Å². The number of rotatable bonds is 5. The highest BCUT2D eigenvalue weighted by molar-refractivity contribution is 5.61. The van der Waals surface area contributed by atoms with Crippen molar-refractivity contribution in [1.29, 1.82) is 0 Å². The Morgan fingerprint density at radius 3 is 2.50 bits per heavy atom. The van der Waals surface area contributed by atoms with Gasteiger partial charge < -0.3 is 15.4 Å². The third-order valence-corrected chi connectivity index (χ3v) is 4.59. The van der Waals surface area contributed by atoms with Gasteiger partial charge in [-0.25, -0.2) is 0 Å². The fourth-order valence-electron chi connectivity index (χ4n) is 3.11. The van der Waals surface area contributed by atoms with Crippen molar-refractivity contribution in [2.75, 3.05) is 23.7 Å². The van der Waals surface area contributed by atoms with Crippen LogP contribution in [0.15, 0.2) is 18.2 Å². The largest absolute Gasteiger partial charge is 0.491 e. The number of hydrogen-bond acceptors (Lipinski definition) is 3. The lowest BCUT2D eigenvalue weighted by Crippen LogP contribution is -2.26. The molecule has 3 nitrogen and oxygen atoms in total. The van der Waals surface area contributed by atoms with E-state index in [2.05, 4.69) is 30.9 Å². The molecule has 1 aliphatic rings. The van der Waals surface area contributed by atoms with Crippen LogP contribution in [-0.4, -0.2) is 19.2 Å². The fraction of sp³-hybridized carbons (Fsp3) is 0.647. The summed E-state index contributed by atoms with van der Waals surface area (Å²) in [5.74, 6) is 0.875. The van der Waals surface area contributed by atoms with Crippen molar-refractivity contribution in [1.82, 2.24) is 0 Å². The summed E-state index contributed by atoms with van der Waals surface area (Å²) in [4.78, 5) is 2.45. The number of ether oxygens (including phenoxy) is 1. The average Bonchev–Trinajstić information content (AvgIpc) is 2.82. The van der Waals surface area contributed by atoms with Crippen LogP contribution in [0.2, 0.25) is 0 Å². The minimum atomic E-state index is 0.175. The molecule has 0 spiro atoms. The maximum absolute atomic E-state index is 6.03. The second-order valence-electron chi connectivity index (χ2n) is 6.31. The first-order chi connectivity index (χ1) is 9.48. The SMILES string of the molecule is CCC1(CC)CCN(c2cc(N)cc(OC(C)C)c2)C1. The van der Waals surface area contributed by atoms with E-state index in [1.54, 1.807) is 0 Å². The molecular weight excluding hydrogens is 248 g/mol. The number of hydrogen-bond donors (Lipinski definition) is 1. The van der Waals surface area contributed by atoms with E-state index in [4.69, 9.17) is 10.5 Å².